The van der Waals surface area contributed by atoms with Crippen LogP contribution in [0.5, 0.6) is 0 Å². The molecule has 0 aliphatic carbocycles. The minimum atomic E-state index is -1.42. The van der Waals surface area contributed by atoms with Gasteiger partial charge in [-0.25, -0.2) is 19.2 Å². The van der Waals surface area contributed by atoms with E-state index in [1.807, 2.05) is 0 Å². The Morgan fingerprint density at radius 3 is 2.79 bits per heavy atom. The molecule has 10 nitrogen and oxygen atoms in total. The zero-order chi connectivity index (χ0) is 23.7. The predicted molar refractivity (Wildman–Crippen MR) is 120 cm³/mol. The number of hydrogen-bond donors (Lipinski definition) is 2. The summed E-state index contributed by atoms with van der Waals surface area (Å²) >= 11 is 1.22. The molecule has 1 amide bonds. The van der Waals surface area contributed by atoms with E-state index in [1.165, 1.54) is 29.0 Å². The van der Waals surface area contributed by atoms with E-state index >= 15 is 4.39 Å². The SMILES string of the molecule is COCCCNC(=O)C1CN(c2nc3c(c(C)c2F)c(=O)c(C(=O)O)cn3-c2nccs2)C1. The molecule has 33 heavy (non-hydrogen) atoms. The molecule has 0 aromatic carbocycles. The van der Waals surface area contributed by atoms with Crippen molar-refractivity contribution in [3.63, 3.8) is 0 Å². The topological polar surface area (TPSA) is 127 Å². The Balaban J connectivity index is 1.69. The van der Waals surface area contributed by atoms with E-state index in [-0.39, 0.29) is 47.3 Å². The molecule has 0 bridgehead atoms. The van der Waals surface area contributed by atoms with E-state index in [0.29, 0.717) is 24.7 Å². The number of amides is 1. The standard InChI is InChI=1S/C21H22FN5O5S/c1-11-14-16(28)13(20(30)31)10-27(21-24-5-7-33-21)17(14)25-18(15(11)22)26-8-12(9-26)19(29)23-4-3-6-32-2/h5,7,10,12H,3-4,6,8-9H2,1-2H3,(H,23,29)(H,30,31). The number of anilines is 1. The van der Waals surface area contributed by atoms with Gasteiger partial charge in [-0.1, -0.05) is 0 Å². The number of carbonyl (C=O) groups is 2. The highest BCUT2D eigenvalue weighted by molar-refractivity contribution is 7.12. The molecule has 0 unspecified atom stereocenters. The zero-order valence-electron chi connectivity index (χ0n) is 18.0. The van der Waals surface area contributed by atoms with Gasteiger partial charge >= 0.3 is 5.97 Å². The smallest absolute Gasteiger partial charge is 0.341 e. The summed E-state index contributed by atoms with van der Waals surface area (Å²) in [6.45, 7) is 3.02. The quantitative estimate of drug-likeness (QED) is 0.470. The number of rotatable bonds is 8. The summed E-state index contributed by atoms with van der Waals surface area (Å²) in [7, 11) is 1.59. The summed E-state index contributed by atoms with van der Waals surface area (Å²) in [5.74, 6) is -2.55. The molecular formula is C21H22FN5O5S. The molecule has 174 valence electrons. The summed E-state index contributed by atoms with van der Waals surface area (Å²) in [5, 5.41) is 14.3. The van der Waals surface area contributed by atoms with Gasteiger partial charge in [-0.05, 0) is 13.3 Å². The van der Waals surface area contributed by atoms with Crippen molar-refractivity contribution in [2.75, 3.05) is 38.3 Å². The monoisotopic (exact) mass is 475 g/mol. The molecule has 2 N–H and O–H groups in total. The third-order valence-corrected chi connectivity index (χ3v) is 6.30. The molecule has 1 fully saturated rings. The van der Waals surface area contributed by atoms with E-state index in [0.717, 1.165) is 6.20 Å². The predicted octanol–water partition coefficient (Wildman–Crippen LogP) is 1.58. The summed E-state index contributed by atoms with van der Waals surface area (Å²) in [6, 6.07) is 0. The van der Waals surface area contributed by atoms with Crippen LogP contribution >= 0.6 is 11.3 Å². The largest absolute Gasteiger partial charge is 0.477 e. The average molecular weight is 476 g/mol. The lowest BCUT2D eigenvalue weighted by atomic mass is 9.98. The van der Waals surface area contributed by atoms with Gasteiger partial charge in [-0.15, -0.1) is 11.3 Å². The van der Waals surface area contributed by atoms with Crippen LogP contribution in [0, 0.1) is 18.7 Å². The highest BCUT2D eigenvalue weighted by Gasteiger charge is 2.36. The van der Waals surface area contributed by atoms with E-state index in [4.69, 9.17) is 4.74 Å². The summed E-state index contributed by atoms with van der Waals surface area (Å²) in [4.78, 5) is 46.9. The average Bonchev–Trinajstić information content (AvgIpc) is 3.28. The molecule has 0 spiro atoms. The maximum absolute atomic E-state index is 15.3. The Labute approximate surface area is 191 Å². The first-order valence-electron chi connectivity index (χ1n) is 10.2. The van der Waals surface area contributed by atoms with E-state index < -0.39 is 22.8 Å². The summed E-state index contributed by atoms with van der Waals surface area (Å²) in [5.41, 5.74) is -1.19. The number of hydrogen-bond acceptors (Lipinski definition) is 8. The molecule has 3 aromatic heterocycles. The van der Waals surface area contributed by atoms with Crippen LogP contribution in [-0.4, -0.2) is 64.9 Å². The third kappa shape index (κ3) is 4.18. The Morgan fingerprint density at radius 1 is 1.39 bits per heavy atom. The highest BCUT2D eigenvalue weighted by Crippen LogP contribution is 2.31. The van der Waals surface area contributed by atoms with Crippen LogP contribution < -0.4 is 15.6 Å². The van der Waals surface area contributed by atoms with Crippen molar-refractivity contribution in [1.29, 1.82) is 0 Å². The van der Waals surface area contributed by atoms with Crippen molar-refractivity contribution >= 4 is 40.1 Å². The third-order valence-electron chi connectivity index (χ3n) is 5.53. The number of carboxylic acid groups (broad SMARTS) is 1. The van der Waals surface area contributed by atoms with Crippen molar-refractivity contribution in [2.45, 2.75) is 13.3 Å². The fourth-order valence-corrected chi connectivity index (χ4v) is 4.33. The molecule has 0 radical (unpaired) electrons. The van der Waals surface area contributed by atoms with E-state index in [1.54, 1.807) is 17.4 Å². The van der Waals surface area contributed by atoms with Crippen molar-refractivity contribution in [1.82, 2.24) is 19.9 Å². The molecular weight excluding hydrogens is 453 g/mol. The Hall–Kier alpha value is -3.38. The second-order valence-electron chi connectivity index (χ2n) is 7.67. The van der Waals surface area contributed by atoms with Crippen molar-refractivity contribution in [2.24, 2.45) is 5.92 Å². The summed E-state index contributed by atoms with van der Waals surface area (Å²) in [6.07, 6.45) is 3.39. The number of halogens is 1. The number of nitrogens with one attached hydrogen (secondary N) is 1. The van der Waals surface area contributed by atoms with Gasteiger partial charge in [0.05, 0.1) is 11.3 Å². The van der Waals surface area contributed by atoms with E-state index in [9.17, 15) is 19.5 Å². The van der Waals surface area contributed by atoms with Crippen LogP contribution in [0.4, 0.5) is 10.2 Å². The number of fused-ring (bicyclic) bond motifs is 1. The molecule has 0 saturated carbocycles. The first kappa shape index (κ1) is 22.8. The second-order valence-corrected chi connectivity index (χ2v) is 8.55. The summed E-state index contributed by atoms with van der Waals surface area (Å²) < 4.78 is 21.6. The fourth-order valence-electron chi connectivity index (χ4n) is 3.71. The number of carbonyl (C=O) groups excluding carboxylic acids is 1. The van der Waals surface area contributed by atoms with Crippen LogP contribution in [0.1, 0.15) is 22.3 Å². The molecule has 4 rings (SSSR count). The normalized spacial score (nSPS) is 13.8. The molecule has 12 heteroatoms. The maximum atomic E-state index is 15.3. The van der Waals surface area contributed by atoms with Gasteiger partial charge in [-0.2, -0.15) is 0 Å². The zero-order valence-corrected chi connectivity index (χ0v) is 18.8. The number of nitrogens with zero attached hydrogens (tertiary/aromatic N) is 4. The number of thiazole rings is 1. The van der Waals surface area contributed by atoms with Crippen LogP contribution in [0.15, 0.2) is 22.6 Å². The Bertz CT molecular complexity index is 1270. The Morgan fingerprint density at radius 2 is 2.15 bits per heavy atom. The number of ether oxygens (including phenoxy) is 1. The number of aromatic carboxylic acids is 1. The lowest BCUT2D eigenvalue weighted by molar-refractivity contribution is -0.125. The minimum Gasteiger partial charge on any atom is -0.477 e. The molecule has 1 aliphatic rings. The van der Waals surface area contributed by atoms with Gasteiger partial charge in [0.1, 0.15) is 5.56 Å². The molecule has 1 saturated heterocycles. The highest BCUT2D eigenvalue weighted by atomic mass is 32.1. The van der Waals surface area contributed by atoms with Crippen LogP contribution in [-0.2, 0) is 9.53 Å². The van der Waals surface area contributed by atoms with Gasteiger partial charge in [0, 0.05) is 56.7 Å². The van der Waals surface area contributed by atoms with Crippen LogP contribution in [0.25, 0.3) is 16.2 Å². The number of methoxy groups -OCH3 is 1. The Kier molecular flexibility index (Phi) is 6.38. The number of carboxylic acids is 1. The fraction of sp³-hybridized carbons (Fsp3) is 0.381. The minimum absolute atomic E-state index is 0.000809. The number of aryl methyl sites for hydroxylation is 1. The molecule has 0 atom stereocenters. The first-order chi connectivity index (χ1) is 15.8. The van der Waals surface area contributed by atoms with E-state index in [2.05, 4.69) is 15.3 Å². The maximum Gasteiger partial charge on any atom is 0.341 e. The van der Waals surface area contributed by atoms with Gasteiger partial charge in [0.15, 0.2) is 22.4 Å². The lowest BCUT2D eigenvalue weighted by Crippen LogP contribution is -2.54. The lowest BCUT2D eigenvalue weighted by Gasteiger charge is -2.39. The van der Waals surface area contributed by atoms with Gasteiger partial charge in [0.25, 0.3) is 0 Å². The second kappa shape index (κ2) is 9.24. The van der Waals surface area contributed by atoms with Crippen molar-refractivity contribution in [3.8, 4) is 5.13 Å². The number of aromatic nitrogens is 3. The van der Waals surface area contributed by atoms with Gasteiger partial charge in [-0.3, -0.25) is 14.2 Å². The van der Waals surface area contributed by atoms with Gasteiger partial charge in [0.2, 0.25) is 11.3 Å². The number of pyridine rings is 2. The van der Waals surface area contributed by atoms with Gasteiger partial charge < -0.3 is 20.1 Å². The van der Waals surface area contributed by atoms with Crippen molar-refractivity contribution < 1.29 is 23.8 Å². The van der Waals surface area contributed by atoms with Crippen molar-refractivity contribution in [3.05, 3.63) is 44.9 Å². The first-order valence-corrected chi connectivity index (χ1v) is 11.1. The molecule has 3 aromatic rings. The molecule has 4 heterocycles. The van der Waals surface area contributed by atoms with Crippen LogP contribution in [0.2, 0.25) is 0 Å². The molecule has 1 aliphatic heterocycles. The van der Waals surface area contributed by atoms with Crippen LogP contribution in [0.3, 0.4) is 0 Å².